The molecule has 0 saturated carbocycles. The number of nitrogens with one attached hydrogen (secondary N) is 2. The molecule has 3 aromatic rings. The SMILES string of the molecule is CCc1ccccc1C1CCN(C(=O)N[C@@H](C(=O)O)[C@@H](C)c2c[nH]c3ccccc23)CC1. The molecule has 3 N–H and O–H groups in total. The molecule has 0 aliphatic carbocycles. The first-order valence-electron chi connectivity index (χ1n) is 11.4. The fourth-order valence-corrected chi connectivity index (χ4v) is 4.92. The maximum atomic E-state index is 13.0. The molecule has 32 heavy (non-hydrogen) atoms. The third-order valence-corrected chi connectivity index (χ3v) is 6.81. The standard InChI is InChI=1S/C26H31N3O3/c1-3-18-8-4-5-9-20(18)19-12-14-29(15-13-19)26(32)28-24(25(30)31)17(2)22-16-27-23-11-7-6-10-21(22)23/h4-11,16-17,19,24,27H,3,12-15H2,1-2H3,(H,28,32)(H,30,31)/t17-,24+/m0/s1. The molecule has 2 atom stereocenters. The maximum absolute atomic E-state index is 13.0. The van der Waals surface area contributed by atoms with E-state index in [1.807, 2.05) is 37.4 Å². The van der Waals surface area contributed by atoms with Gasteiger partial charge in [-0.15, -0.1) is 0 Å². The highest BCUT2D eigenvalue weighted by Gasteiger charge is 2.32. The van der Waals surface area contributed by atoms with E-state index < -0.39 is 12.0 Å². The molecule has 2 amide bonds. The summed E-state index contributed by atoms with van der Waals surface area (Å²) in [5.41, 5.74) is 4.60. The van der Waals surface area contributed by atoms with Crippen LogP contribution in [0.2, 0.25) is 0 Å². The number of piperidine rings is 1. The Hall–Kier alpha value is -3.28. The number of H-pyrrole nitrogens is 1. The van der Waals surface area contributed by atoms with Crippen molar-refractivity contribution >= 4 is 22.9 Å². The summed E-state index contributed by atoms with van der Waals surface area (Å²) in [7, 11) is 0. The Bertz CT molecular complexity index is 1100. The van der Waals surface area contributed by atoms with E-state index >= 15 is 0 Å². The minimum absolute atomic E-state index is 0.300. The minimum Gasteiger partial charge on any atom is -0.480 e. The van der Waals surface area contributed by atoms with Gasteiger partial charge in [0.2, 0.25) is 0 Å². The van der Waals surface area contributed by atoms with Crippen LogP contribution in [0.1, 0.15) is 55.2 Å². The molecule has 0 bridgehead atoms. The molecule has 1 fully saturated rings. The van der Waals surface area contributed by atoms with E-state index in [0.717, 1.165) is 35.7 Å². The molecular formula is C26H31N3O3. The smallest absolute Gasteiger partial charge is 0.326 e. The van der Waals surface area contributed by atoms with E-state index in [1.54, 1.807) is 4.90 Å². The first-order chi connectivity index (χ1) is 15.5. The molecule has 1 aliphatic rings. The van der Waals surface area contributed by atoms with Gasteiger partial charge in [-0.3, -0.25) is 0 Å². The number of carboxylic acids is 1. The number of carboxylic acid groups (broad SMARTS) is 1. The highest BCUT2D eigenvalue weighted by Crippen LogP contribution is 2.31. The predicted octanol–water partition coefficient (Wildman–Crippen LogP) is 4.88. The second-order valence-corrected chi connectivity index (χ2v) is 8.66. The molecule has 168 valence electrons. The van der Waals surface area contributed by atoms with Gasteiger partial charge >= 0.3 is 12.0 Å². The summed E-state index contributed by atoms with van der Waals surface area (Å²) in [6.45, 7) is 5.27. The molecular weight excluding hydrogens is 402 g/mol. The van der Waals surface area contributed by atoms with Crippen LogP contribution >= 0.6 is 0 Å². The van der Waals surface area contributed by atoms with Crippen molar-refractivity contribution < 1.29 is 14.7 Å². The number of hydrogen-bond acceptors (Lipinski definition) is 2. The first kappa shape index (κ1) is 21.9. The van der Waals surface area contributed by atoms with Gasteiger partial charge in [-0.2, -0.15) is 0 Å². The highest BCUT2D eigenvalue weighted by atomic mass is 16.4. The third kappa shape index (κ3) is 4.35. The number of carbonyl (C=O) groups is 2. The Morgan fingerprint density at radius 3 is 2.53 bits per heavy atom. The van der Waals surface area contributed by atoms with Gasteiger partial charge in [0.25, 0.3) is 0 Å². The number of urea groups is 1. The number of benzene rings is 2. The van der Waals surface area contributed by atoms with Gasteiger partial charge in [0, 0.05) is 36.1 Å². The van der Waals surface area contributed by atoms with Crippen LogP contribution in [0.5, 0.6) is 0 Å². The number of rotatable bonds is 6. The number of para-hydroxylation sites is 1. The van der Waals surface area contributed by atoms with Gasteiger partial charge in [0.05, 0.1) is 0 Å². The highest BCUT2D eigenvalue weighted by molar-refractivity contribution is 5.87. The van der Waals surface area contributed by atoms with E-state index in [2.05, 4.69) is 41.5 Å². The average Bonchev–Trinajstić information content (AvgIpc) is 3.26. The van der Waals surface area contributed by atoms with Gasteiger partial charge in [0.15, 0.2) is 0 Å². The van der Waals surface area contributed by atoms with Crippen LogP contribution in [0.3, 0.4) is 0 Å². The van der Waals surface area contributed by atoms with Gasteiger partial charge in [-0.25, -0.2) is 9.59 Å². The van der Waals surface area contributed by atoms with Crippen LogP contribution in [0.15, 0.2) is 54.7 Å². The summed E-state index contributed by atoms with van der Waals surface area (Å²) in [5, 5.41) is 13.6. The number of aliphatic carboxylic acids is 1. The van der Waals surface area contributed by atoms with Crippen LogP contribution in [0.25, 0.3) is 10.9 Å². The lowest BCUT2D eigenvalue weighted by molar-refractivity contribution is -0.139. The summed E-state index contributed by atoms with van der Waals surface area (Å²) in [4.78, 5) is 30.0. The van der Waals surface area contributed by atoms with E-state index in [-0.39, 0.29) is 11.9 Å². The molecule has 0 radical (unpaired) electrons. The molecule has 0 unspecified atom stereocenters. The van der Waals surface area contributed by atoms with Crippen molar-refractivity contribution in [2.24, 2.45) is 0 Å². The lowest BCUT2D eigenvalue weighted by Gasteiger charge is -2.34. The van der Waals surface area contributed by atoms with E-state index in [4.69, 9.17) is 0 Å². The summed E-state index contributed by atoms with van der Waals surface area (Å²) in [6, 6.07) is 15.0. The Kier molecular flexibility index (Phi) is 6.49. The van der Waals surface area contributed by atoms with Crippen LogP contribution < -0.4 is 5.32 Å². The van der Waals surface area contributed by atoms with Crippen molar-refractivity contribution in [1.82, 2.24) is 15.2 Å². The second kappa shape index (κ2) is 9.47. The molecule has 2 aromatic carbocycles. The number of amides is 2. The zero-order valence-electron chi connectivity index (χ0n) is 18.7. The quantitative estimate of drug-likeness (QED) is 0.518. The lowest BCUT2D eigenvalue weighted by atomic mass is 9.86. The number of aromatic nitrogens is 1. The Balaban J connectivity index is 1.42. The van der Waals surface area contributed by atoms with Crippen LogP contribution in [-0.4, -0.2) is 46.1 Å². The Morgan fingerprint density at radius 2 is 1.81 bits per heavy atom. The van der Waals surface area contributed by atoms with Gasteiger partial charge in [0.1, 0.15) is 6.04 Å². The van der Waals surface area contributed by atoms with Crippen LogP contribution in [0.4, 0.5) is 4.79 Å². The van der Waals surface area contributed by atoms with Gasteiger partial charge < -0.3 is 20.3 Å². The molecule has 4 rings (SSSR count). The van der Waals surface area contributed by atoms with E-state index in [1.165, 1.54) is 11.1 Å². The lowest BCUT2D eigenvalue weighted by Crippen LogP contribution is -2.51. The van der Waals surface area contributed by atoms with Crippen molar-refractivity contribution in [3.05, 3.63) is 71.4 Å². The number of aromatic amines is 1. The zero-order valence-corrected chi connectivity index (χ0v) is 18.7. The zero-order chi connectivity index (χ0) is 22.7. The largest absolute Gasteiger partial charge is 0.480 e. The van der Waals surface area contributed by atoms with E-state index in [0.29, 0.717) is 19.0 Å². The topological polar surface area (TPSA) is 85.4 Å². The molecule has 1 saturated heterocycles. The summed E-state index contributed by atoms with van der Waals surface area (Å²) in [5.74, 6) is -0.958. The minimum atomic E-state index is -1.03. The number of fused-ring (bicyclic) bond motifs is 1. The van der Waals surface area contributed by atoms with Crippen molar-refractivity contribution in [2.45, 2.75) is 51.0 Å². The fourth-order valence-electron chi connectivity index (χ4n) is 4.92. The monoisotopic (exact) mass is 433 g/mol. The number of nitrogens with zero attached hydrogens (tertiary/aromatic N) is 1. The van der Waals surface area contributed by atoms with Crippen LogP contribution in [0, 0.1) is 0 Å². The molecule has 0 spiro atoms. The van der Waals surface area contributed by atoms with Crippen molar-refractivity contribution in [3.63, 3.8) is 0 Å². The normalized spacial score (nSPS) is 16.6. The number of aryl methyl sites for hydroxylation is 1. The third-order valence-electron chi connectivity index (χ3n) is 6.81. The molecule has 1 aliphatic heterocycles. The molecule has 6 heteroatoms. The summed E-state index contributed by atoms with van der Waals surface area (Å²) >= 11 is 0. The van der Waals surface area contributed by atoms with Crippen molar-refractivity contribution in [2.75, 3.05) is 13.1 Å². The fraction of sp³-hybridized carbons (Fsp3) is 0.385. The second-order valence-electron chi connectivity index (χ2n) is 8.66. The average molecular weight is 434 g/mol. The van der Waals surface area contributed by atoms with Crippen molar-refractivity contribution in [3.8, 4) is 0 Å². The summed E-state index contributed by atoms with van der Waals surface area (Å²) < 4.78 is 0. The van der Waals surface area contributed by atoms with E-state index in [9.17, 15) is 14.7 Å². The molecule has 1 aromatic heterocycles. The number of hydrogen-bond donors (Lipinski definition) is 3. The molecule has 2 heterocycles. The Morgan fingerprint density at radius 1 is 1.12 bits per heavy atom. The maximum Gasteiger partial charge on any atom is 0.326 e. The van der Waals surface area contributed by atoms with Crippen molar-refractivity contribution in [1.29, 1.82) is 0 Å². The first-order valence-corrected chi connectivity index (χ1v) is 11.4. The summed E-state index contributed by atoms with van der Waals surface area (Å²) in [6.07, 6.45) is 4.62. The number of carbonyl (C=O) groups excluding carboxylic acids is 1. The van der Waals surface area contributed by atoms with Crippen LogP contribution in [-0.2, 0) is 11.2 Å². The van der Waals surface area contributed by atoms with Gasteiger partial charge in [-0.1, -0.05) is 56.3 Å². The predicted molar refractivity (Wildman–Crippen MR) is 126 cm³/mol. The van der Waals surface area contributed by atoms with Gasteiger partial charge in [-0.05, 0) is 47.9 Å². The Labute approximate surface area is 188 Å². The number of likely N-dealkylation sites (tertiary alicyclic amines) is 1. The molecule has 6 nitrogen and oxygen atoms in total.